The van der Waals surface area contributed by atoms with E-state index in [1.165, 1.54) is 11.8 Å². The molecule has 0 bridgehead atoms. The quantitative estimate of drug-likeness (QED) is 0.750. The Kier molecular flexibility index (Phi) is 6.55. The molecular weight excluding hydrogens is 310 g/mol. The maximum atomic E-state index is 12.2. The Balaban J connectivity index is 2.58. The zero-order chi connectivity index (χ0) is 16.0. The standard InChI is InChI=1S/C15H20ClNO3S/c1-10(21-12-7-5-4-6-11(12)16)14(20)17-15(2,3)9-8-13(18)19/h4-7,10H,8-9H2,1-3H3,(H,17,20)(H,18,19). The van der Waals surface area contributed by atoms with Crippen molar-refractivity contribution in [3.63, 3.8) is 0 Å². The molecule has 2 N–H and O–H groups in total. The average molecular weight is 330 g/mol. The van der Waals surface area contributed by atoms with Gasteiger partial charge in [-0.2, -0.15) is 0 Å². The van der Waals surface area contributed by atoms with Crippen LogP contribution in [-0.2, 0) is 9.59 Å². The second-order valence-electron chi connectivity index (χ2n) is 5.46. The molecule has 0 spiro atoms. The van der Waals surface area contributed by atoms with Gasteiger partial charge in [-0.3, -0.25) is 9.59 Å². The zero-order valence-electron chi connectivity index (χ0n) is 12.4. The van der Waals surface area contributed by atoms with E-state index >= 15 is 0 Å². The molecule has 1 amide bonds. The number of nitrogens with one attached hydrogen (secondary N) is 1. The number of amides is 1. The minimum absolute atomic E-state index is 0.0271. The summed E-state index contributed by atoms with van der Waals surface area (Å²) in [6, 6.07) is 7.36. The van der Waals surface area contributed by atoms with Crippen LogP contribution in [0, 0.1) is 0 Å². The van der Waals surface area contributed by atoms with Gasteiger partial charge >= 0.3 is 5.97 Å². The summed E-state index contributed by atoms with van der Waals surface area (Å²) < 4.78 is 0. The van der Waals surface area contributed by atoms with Gasteiger partial charge in [0.25, 0.3) is 0 Å². The largest absolute Gasteiger partial charge is 0.481 e. The summed E-state index contributed by atoms with van der Waals surface area (Å²) >= 11 is 7.46. The fourth-order valence-corrected chi connectivity index (χ4v) is 2.86. The molecule has 0 aliphatic rings. The van der Waals surface area contributed by atoms with E-state index in [1.54, 1.807) is 13.0 Å². The lowest BCUT2D eigenvalue weighted by atomic mass is 9.98. The maximum Gasteiger partial charge on any atom is 0.303 e. The van der Waals surface area contributed by atoms with E-state index in [1.807, 2.05) is 32.0 Å². The van der Waals surface area contributed by atoms with Crippen LogP contribution in [0.25, 0.3) is 0 Å². The van der Waals surface area contributed by atoms with E-state index in [-0.39, 0.29) is 17.6 Å². The van der Waals surface area contributed by atoms with Gasteiger partial charge in [-0.1, -0.05) is 23.7 Å². The molecule has 0 radical (unpaired) electrons. The molecule has 0 heterocycles. The van der Waals surface area contributed by atoms with Crippen molar-refractivity contribution >= 4 is 35.2 Å². The van der Waals surface area contributed by atoms with Crippen LogP contribution < -0.4 is 5.32 Å². The Morgan fingerprint density at radius 1 is 1.38 bits per heavy atom. The summed E-state index contributed by atoms with van der Waals surface area (Å²) in [6.45, 7) is 5.44. The molecule has 1 atom stereocenters. The van der Waals surface area contributed by atoms with Crippen molar-refractivity contribution in [2.75, 3.05) is 0 Å². The van der Waals surface area contributed by atoms with E-state index in [2.05, 4.69) is 5.32 Å². The average Bonchev–Trinajstić information content (AvgIpc) is 2.38. The first-order valence-electron chi connectivity index (χ1n) is 6.66. The molecule has 0 aliphatic heterocycles. The van der Waals surface area contributed by atoms with Crippen LogP contribution in [-0.4, -0.2) is 27.8 Å². The first kappa shape index (κ1) is 17.9. The second-order valence-corrected chi connectivity index (χ2v) is 7.25. The molecule has 21 heavy (non-hydrogen) atoms. The number of hydrogen-bond acceptors (Lipinski definition) is 3. The molecule has 1 unspecified atom stereocenters. The molecule has 0 saturated carbocycles. The lowest BCUT2D eigenvalue weighted by Gasteiger charge is -2.27. The van der Waals surface area contributed by atoms with Crippen LogP contribution in [0.5, 0.6) is 0 Å². The number of hydrogen-bond donors (Lipinski definition) is 2. The van der Waals surface area contributed by atoms with Gasteiger partial charge in [0.1, 0.15) is 0 Å². The Bertz CT molecular complexity index is 519. The van der Waals surface area contributed by atoms with E-state index < -0.39 is 11.5 Å². The topological polar surface area (TPSA) is 66.4 Å². The van der Waals surface area contributed by atoms with Gasteiger partial charge in [0, 0.05) is 16.9 Å². The summed E-state index contributed by atoms with van der Waals surface area (Å²) in [7, 11) is 0. The number of rotatable bonds is 7. The molecule has 0 aliphatic carbocycles. The van der Waals surface area contributed by atoms with Gasteiger partial charge in [-0.15, -0.1) is 11.8 Å². The molecule has 1 aromatic rings. The molecule has 4 nitrogen and oxygen atoms in total. The fourth-order valence-electron chi connectivity index (χ4n) is 1.70. The number of thioether (sulfide) groups is 1. The number of halogens is 1. The molecule has 0 saturated heterocycles. The smallest absolute Gasteiger partial charge is 0.303 e. The van der Waals surface area contributed by atoms with Crippen LogP contribution in [0.1, 0.15) is 33.6 Å². The normalized spacial score (nSPS) is 12.8. The number of benzene rings is 1. The van der Waals surface area contributed by atoms with Crippen LogP contribution >= 0.6 is 23.4 Å². The number of carboxylic acids is 1. The Hall–Kier alpha value is -1.20. The van der Waals surface area contributed by atoms with Crippen molar-refractivity contribution < 1.29 is 14.7 Å². The van der Waals surface area contributed by atoms with Crippen molar-refractivity contribution in [2.24, 2.45) is 0 Å². The van der Waals surface area contributed by atoms with Gasteiger partial charge in [0.2, 0.25) is 5.91 Å². The molecule has 6 heteroatoms. The van der Waals surface area contributed by atoms with Crippen LogP contribution in [0.4, 0.5) is 0 Å². The molecule has 0 fully saturated rings. The van der Waals surface area contributed by atoms with Crippen molar-refractivity contribution in [3.05, 3.63) is 29.3 Å². The predicted molar refractivity (Wildman–Crippen MR) is 85.9 cm³/mol. The molecule has 1 rings (SSSR count). The van der Waals surface area contributed by atoms with Crippen molar-refractivity contribution in [1.82, 2.24) is 5.32 Å². The number of carbonyl (C=O) groups is 2. The summed E-state index contributed by atoms with van der Waals surface area (Å²) in [5, 5.41) is 11.9. The van der Waals surface area contributed by atoms with Crippen molar-refractivity contribution in [1.29, 1.82) is 0 Å². The molecule has 116 valence electrons. The minimum atomic E-state index is -0.865. The number of aliphatic carboxylic acids is 1. The zero-order valence-corrected chi connectivity index (χ0v) is 13.9. The summed E-state index contributed by atoms with van der Waals surface area (Å²) in [5.74, 6) is -0.994. The number of carboxylic acid groups (broad SMARTS) is 1. The highest BCUT2D eigenvalue weighted by Gasteiger charge is 2.25. The highest BCUT2D eigenvalue weighted by atomic mass is 35.5. The fraction of sp³-hybridized carbons (Fsp3) is 0.467. The Morgan fingerprint density at radius 3 is 2.57 bits per heavy atom. The van der Waals surface area contributed by atoms with Gasteiger partial charge in [-0.25, -0.2) is 0 Å². The lowest BCUT2D eigenvalue weighted by Crippen LogP contribution is -2.46. The molecule has 1 aromatic carbocycles. The highest BCUT2D eigenvalue weighted by Crippen LogP contribution is 2.30. The third kappa shape index (κ3) is 6.40. The highest BCUT2D eigenvalue weighted by molar-refractivity contribution is 8.00. The van der Waals surface area contributed by atoms with E-state index in [0.29, 0.717) is 11.4 Å². The van der Waals surface area contributed by atoms with Crippen LogP contribution in [0.2, 0.25) is 5.02 Å². The van der Waals surface area contributed by atoms with Gasteiger partial charge in [0.15, 0.2) is 0 Å². The minimum Gasteiger partial charge on any atom is -0.481 e. The predicted octanol–water partition coefficient (Wildman–Crippen LogP) is 3.58. The third-order valence-corrected chi connectivity index (χ3v) is 4.55. The SMILES string of the molecule is CC(Sc1ccccc1Cl)C(=O)NC(C)(C)CCC(=O)O. The lowest BCUT2D eigenvalue weighted by molar-refractivity contribution is -0.137. The molecule has 0 aromatic heterocycles. The van der Waals surface area contributed by atoms with E-state index in [0.717, 1.165) is 4.90 Å². The summed E-state index contributed by atoms with van der Waals surface area (Å²) in [6.07, 6.45) is 0.414. The monoisotopic (exact) mass is 329 g/mol. The first-order chi connectivity index (χ1) is 9.71. The summed E-state index contributed by atoms with van der Waals surface area (Å²) in [5.41, 5.74) is -0.551. The van der Waals surface area contributed by atoms with Crippen molar-refractivity contribution in [2.45, 2.75) is 49.3 Å². The Morgan fingerprint density at radius 2 is 2.00 bits per heavy atom. The first-order valence-corrected chi connectivity index (χ1v) is 7.92. The molecular formula is C15H20ClNO3S. The van der Waals surface area contributed by atoms with E-state index in [4.69, 9.17) is 16.7 Å². The van der Waals surface area contributed by atoms with Gasteiger partial charge < -0.3 is 10.4 Å². The van der Waals surface area contributed by atoms with Crippen LogP contribution in [0.3, 0.4) is 0 Å². The summed E-state index contributed by atoms with van der Waals surface area (Å²) in [4.78, 5) is 23.7. The maximum absolute atomic E-state index is 12.2. The third-order valence-electron chi connectivity index (χ3n) is 2.94. The van der Waals surface area contributed by atoms with Gasteiger partial charge in [0.05, 0.1) is 10.3 Å². The van der Waals surface area contributed by atoms with Crippen LogP contribution in [0.15, 0.2) is 29.2 Å². The van der Waals surface area contributed by atoms with E-state index in [9.17, 15) is 9.59 Å². The van der Waals surface area contributed by atoms with Crippen molar-refractivity contribution in [3.8, 4) is 0 Å². The second kappa shape index (κ2) is 7.71. The number of carbonyl (C=O) groups excluding carboxylic acids is 1. The van der Waals surface area contributed by atoms with Gasteiger partial charge in [-0.05, 0) is 39.3 Å². The Labute approximate surface area is 134 Å².